The quantitative estimate of drug-likeness (QED) is 0.187. The lowest BCUT2D eigenvalue weighted by atomic mass is 9.84. The van der Waals surface area contributed by atoms with Crippen LogP contribution in [0.3, 0.4) is 0 Å². The van der Waals surface area contributed by atoms with Crippen molar-refractivity contribution >= 4 is 45.9 Å². The second kappa shape index (κ2) is 18.7. The first-order valence-electron chi connectivity index (χ1n) is 23.9. The van der Waals surface area contributed by atoms with Crippen LogP contribution in [0.5, 0.6) is 0 Å². The number of nitrogens with zero attached hydrogens (tertiary/aromatic N) is 7. The molecule has 3 aromatic heterocycles. The third kappa shape index (κ3) is 9.76. The summed E-state index contributed by atoms with van der Waals surface area (Å²) in [5, 5.41) is 8.35. The first-order valence-corrected chi connectivity index (χ1v) is 24.8. The van der Waals surface area contributed by atoms with Gasteiger partial charge in [0, 0.05) is 104 Å². The number of hydrogen-bond acceptors (Lipinski definition) is 12. The van der Waals surface area contributed by atoms with Crippen LogP contribution < -0.4 is 10.7 Å². The highest BCUT2D eigenvalue weighted by Crippen LogP contribution is 2.42. The van der Waals surface area contributed by atoms with Crippen molar-refractivity contribution in [3.8, 4) is 34.4 Å². The largest absolute Gasteiger partial charge is 0.464 e. The molecule has 6 bridgehead atoms. The SMILES string of the molecule is CO[C@@H](C)c1ncccc1-c1c2c3cc(ccc3n1C)-c1csc(n1)C[C@H](NC(=O)CN1CC[C@@]3(CCN(C(=O)C#CC(C)(C)N4CCC4)C3)C1)C(=O)N1CCC[C@H](N1)C(=O)OCC(C)(C)C2. The summed E-state index contributed by atoms with van der Waals surface area (Å²) in [4.78, 5) is 71.7. The number of aromatic nitrogens is 3. The molecule has 356 valence electrons. The number of methoxy groups -OCH3 is 1. The smallest absolute Gasteiger partial charge is 0.324 e. The number of rotatable bonds is 7. The Labute approximate surface area is 397 Å². The summed E-state index contributed by atoms with van der Waals surface area (Å²) in [6.45, 7) is 15.7. The lowest BCUT2D eigenvalue weighted by Gasteiger charge is -2.41. The van der Waals surface area contributed by atoms with E-state index in [2.05, 4.69) is 96.0 Å². The Bertz CT molecular complexity index is 2620. The van der Waals surface area contributed by atoms with Gasteiger partial charge in [-0.15, -0.1) is 11.3 Å². The molecule has 16 heteroatoms. The highest BCUT2D eigenvalue weighted by molar-refractivity contribution is 7.10. The zero-order valence-electron chi connectivity index (χ0n) is 40.1. The predicted molar refractivity (Wildman–Crippen MR) is 257 cm³/mol. The number of ether oxygens (including phenoxy) is 2. The molecule has 0 aliphatic carbocycles. The van der Waals surface area contributed by atoms with Gasteiger partial charge in [0.2, 0.25) is 5.91 Å². The molecule has 1 aromatic carbocycles. The number of likely N-dealkylation sites (tertiary alicyclic amines) is 3. The summed E-state index contributed by atoms with van der Waals surface area (Å²) in [5.74, 6) is 5.03. The van der Waals surface area contributed by atoms with Gasteiger partial charge in [-0.05, 0) is 102 Å². The molecule has 9 rings (SSSR count). The maximum absolute atomic E-state index is 14.5. The van der Waals surface area contributed by atoms with Crippen LogP contribution in [-0.4, -0.2) is 142 Å². The normalized spacial score (nSPS) is 24.2. The number of pyridine rings is 1. The van der Waals surface area contributed by atoms with Crippen LogP contribution >= 0.6 is 11.3 Å². The maximum atomic E-state index is 14.5. The summed E-state index contributed by atoms with van der Waals surface area (Å²) < 4.78 is 14.1. The van der Waals surface area contributed by atoms with Gasteiger partial charge in [-0.3, -0.25) is 39.0 Å². The van der Waals surface area contributed by atoms with Gasteiger partial charge >= 0.3 is 5.97 Å². The van der Waals surface area contributed by atoms with E-state index in [1.807, 2.05) is 23.3 Å². The summed E-state index contributed by atoms with van der Waals surface area (Å²) in [6, 6.07) is 8.77. The molecule has 4 aromatic rings. The molecule has 4 saturated heterocycles. The zero-order chi connectivity index (χ0) is 47.3. The maximum Gasteiger partial charge on any atom is 0.324 e. The summed E-state index contributed by atoms with van der Waals surface area (Å²) in [7, 11) is 3.76. The number of carbonyl (C=O) groups is 4. The van der Waals surface area contributed by atoms with Gasteiger partial charge in [-0.2, -0.15) is 0 Å². The van der Waals surface area contributed by atoms with Crippen molar-refractivity contribution in [3.05, 3.63) is 58.2 Å². The first kappa shape index (κ1) is 46.9. The first-order chi connectivity index (χ1) is 32.0. The Morgan fingerprint density at radius 3 is 2.67 bits per heavy atom. The molecular formula is C51H65N9O6S. The number of aryl methyl sites for hydroxylation is 1. The van der Waals surface area contributed by atoms with Gasteiger partial charge in [0.1, 0.15) is 12.1 Å². The number of carbonyl (C=O) groups excluding carboxylic acids is 4. The van der Waals surface area contributed by atoms with Crippen LogP contribution in [0.1, 0.15) is 89.1 Å². The van der Waals surface area contributed by atoms with Crippen LogP contribution in [0.25, 0.3) is 33.4 Å². The minimum atomic E-state index is -0.934. The predicted octanol–water partition coefficient (Wildman–Crippen LogP) is 5.13. The summed E-state index contributed by atoms with van der Waals surface area (Å²) in [6.07, 6.45) is 6.34. The molecule has 8 heterocycles. The Kier molecular flexibility index (Phi) is 13.1. The van der Waals surface area contributed by atoms with Gasteiger partial charge in [0.25, 0.3) is 11.8 Å². The fourth-order valence-corrected chi connectivity index (χ4v) is 11.5. The topological polar surface area (TPSA) is 154 Å². The number of thiazole rings is 1. The number of benzene rings is 1. The standard InChI is InChI=1S/C51H65N9O6S/c1-33(65-7)45-35(11-8-19-52-45)46-37-27-49(2,3)32-66-48(64)38-12-9-22-60(55-38)47(63)39(26-43-54-40(29-67-43)34-13-14-41(56(46)6)36(37)25-34)53-42(61)28-57-23-17-51(30-57)18-24-58(31-51)44(62)15-16-50(4,5)59-20-10-21-59/h8,11,13-14,19,25,29,33,38-39,55H,9-10,12,17-18,20-24,26-28,30-32H2,1-7H3,(H,53,61)/t33-,38-,39-,51+/m0/s1. The zero-order valence-corrected chi connectivity index (χ0v) is 40.9. The van der Waals surface area contributed by atoms with E-state index >= 15 is 0 Å². The van der Waals surface area contributed by atoms with Crippen molar-refractivity contribution in [1.29, 1.82) is 0 Å². The molecule has 0 unspecified atom stereocenters. The van der Waals surface area contributed by atoms with E-state index in [-0.39, 0.29) is 54.4 Å². The highest BCUT2D eigenvalue weighted by atomic mass is 32.1. The number of amides is 3. The molecule has 3 amide bonds. The van der Waals surface area contributed by atoms with Gasteiger partial charge in [0.15, 0.2) is 0 Å². The molecule has 4 fully saturated rings. The van der Waals surface area contributed by atoms with Crippen molar-refractivity contribution in [2.75, 3.05) is 66.1 Å². The Balaban J connectivity index is 0.964. The highest BCUT2D eigenvalue weighted by Gasteiger charge is 2.45. The molecule has 15 nitrogen and oxygen atoms in total. The number of esters is 1. The Hall–Kier alpha value is -5.18. The van der Waals surface area contributed by atoms with Crippen molar-refractivity contribution < 1.29 is 28.7 Å². The molecule has 5 aliphatic heterocycles. The van der Waals surface area contributed by atoms with Crippen molar-refractivity contribution in [3.63, 3.8) is 0 Å². The number of cyclic esters (lactones) is 1. The number of hydrazine groups is 1. The minimum Gasteiger partial charge on any atom is -0.464 e. The van der Waals surface area contributed by atoms with E-state index in [1.54, 1.807) is 13.3 Å². The summed E-state index contributed by atoms with van der Waals surface area (Å²) in [5.41, 5.74) is 8.99. The Morgan fingerprint density at radius 2 is 1.90 bits per heavy atom. The van der Waals surface area contributed by atoms with Crippen LogP contribution in [0.15, 0.2) is 41.9 Å². The van der Waals surface area contributed by atoms with Crippen molar-refractivity contribution in [1.82, 2.24) is 45.0 Å². The van der Waals surface area contributed by atoms with Crippen LogP contribution in [-0.2, 0) is 48.5 Å². The molecule has 67 heavy (non-hydrogen) atoms. The van der Waals surface area contributed by atoms with Gasteiger partial charge in [-0.1, -0.05) is 25.8 Å². The lowest BCUT2D eigenvalue weighted by Crippen LogP contribution is -2.61. The van der Waals surface area contributed by atoms with Crippen LogP contribution in [0, 0.1) is 22.7 Å². The van der Waals surface area contributed by atoms with Crippen molar-refractivity contribution in [2.24, 2.45) is 17.9 Å². The van der Waals surface area contributed by atoms with Gasteiger partial charge < -0.3 is 24.3 Å². The lowest BCUT2D eigenvalue weighted by molar-refractivity contribution is -0.155. The second-order valence-electron chi connectivity index (χ2n) is 20.7. The Morgan fingerprint density at radius 1 is 1.09 bits per heavy atom. The molecule has 4 atom stereocenters. The average Bonchev–Trinajstić information content (AvgIpc) is 4.09. The minimum absolute atomic E-state index is 0.0937. The van der Waals surface area contributed by atoms with Gasteiger partial charge in [-0.25, -0.2) is 10.4 Å². The van der Waals surface area contributed by atoms with E-state index in [9.17, 15) is 19.2 Å². The fourth-order valence-electron chi connectivity index (χ4n) is 10.7. The molecular weight excluding hydrogens is 867 g/mol. The molecule has 0 radical (unpaired) electrons. The molecule has 0 saturated carbocycles. The van der Waals surface area contributed by atoms with E-state index in [4.69, 9.17) is 19.4 Å². The third-order valence-corrected chi connectivity index (χ3v) is 15.6. The van der Waals surface area contributed by atoms with E-state index in [0.717, 1.165) is 77.2 Å². The second-order valence-corrected chi connectivity index (χ2v) is 21.7. The van der Waals surface area contributed by atoms with Gasteiger partial charge in [0.05, 0.1) is 46.9 Å². The van der Waals surface area contributed by atoms with E-state index in [0.29, 0.717) is 50.4 Å². The van der Waals surface area contributed by atoms with Crippen molar-refractivity contribution in [2.45, 2.75) is 103 Å². The van der Waals surface area contributed by atoms with E-state index in [1.165, 1.54) is 22.8 Å². The average molecular weight is 932 g/mol. The molecule has 5 aliphatic rings. The van der Waals surface area contributed by atoms with E-state index < -0.39 is 23.5 Å². The monoisotopic (exact) mass is 931 g/mol. The number of hydrogen-bond donors (Lipinski definition) is 2. The molecule has 1 spiro atoms. The fraction of sp³-hybridized carbons (Fsp3) is 0.569. The summed E-state index contributed by atoms with van der Waals surface area (Å²) >= 11 is 1.46. The third-order valence-electron chi connectivity index (χ3n) is 14.7. The number of fused-ring (bicyclic) bond motifs is 6. The van der Waals surface area contributed by atoms with Crippen LogP contribution in [0.2, 0.25) is 0 Å². The number of nitrogens with one attached hydrogen (secondary N) is 2. The van der Waals surface area contributed by atoms with Crippen LogP contribution in [0.4, 0.5) is 0 Å². The molecule has 2 N–H and O–H groups in total.